The van der Waals surface area contributed by atoms with Crippen LogP contribution in [0.3, 0.4) is 0 Å². The van der Waals surface area contributed by atoms with Gasteiger partial charge in [0.2, 0.25) is 0 Å². The van der Waals surface area contributed by atoms with Crippen LogP contribution in [-0.2, 0) is 9.53 Å². The summed E-state index contributed by atoms with van der Waals surface area (Å²) < 4.78 is 4.71. The molecule has 0 fully saturated rings. The van der Waals surface area contributed by atoms with Crippen molar-refractivity contribution >= 4 is 22.8 Å². The van der Waals surface area contributed by atoms with Gasteiger partial charge in [-0.3, -0.25) is 14.6 Å². The zero-order valence-corrected chi connectivity index (χ0v) is 9.92. The number of esters is 1. The number of ketones is 1. The molecule has 0 radical (unpaired) electrons. The van der Waals surface area contributed by atoms with Gasteiger partial charge in [0.15, 0.2) is 5.78 Å². The van der Waals surface area contributed by atoms with Gasteiger partial charge in [-0.1, -0.05) is 12.1 Å². The third-order valence-electron chi connectivity index (χ3n) is 2.34. The number of para-hydroxylation sites is 2. The van der Waals surface area contributed by atoms with Crippen LogP contribution in [0.5, 0.6) is 0 Å². The number of fused-ring (bicyclic) bond motifs is 1. The van der Waals surface area contributed by atoms with Crippen molar-refractivity contribution in [3.8, 4) is 0 Å². The molecule has 0 spiro atoms. The lowest BCUT2D eigenvalue weighted by Gasteiger charge is -2.02. The van der Waals surface area contributed by atoms with E-state index in [0.717, 1.165) is 0 Å². The molecular weight excluding hydrogens is 232 g/mol. The second kappa shape index (κ2) is 5.35. The van der Waals surface area contributed by atoms with E-state index in [2.05, 4.69) is 9.97 Å². The number of carbonyl (C=O) groups is 2. The summed E-state index contributed by atoms with van der Waals surface area (Å²) in [6.07, 6.45) is 1.07. The molecule has 0 amide bonds. The van der Waals surface area contributed by atoms with Crippen LogP contribution < -0.4 is 0 Å². The highest BCUT2D eigenvalue weighted by molar-refractivity contribution is 6.05. The average molecular weight is 244 g/mol. The van der Waals surface area contributed by atoms with Crippen molar-refractivity contribution in [1.82, 2.24) is 9.97 Å². The molecule has 5 heteroatoms. The lowest BCUT2D eigenvalue weighted by molar-refractivity contribution is -0.141. The molecule has 0 saturated carbocycles. The van der Waals surface area contributed by atoms with E-state index in [0.29, 0.717) is 11.0 Å². The van der Waals surface area contributed by atoms with Gasteiger partial charge in [0.25, 0.3) is 0 Å². The van der Waals surface area contributed by atoms with E-state index in [-0.39, 0.29) is 24.5 Å². The van der Waals surface area contributed by atoms with E-state index in [4.69, 9.17) is 4.74 Å². The van der Waals surface area contributed by atoms with Gasteiger partial charge in [0.1, 0.15) is 12.1 Å². The summed E-state index contributed by atoms with van der Waals surface area (Å²) in [7, 11) is 0. The van der Waals surface area contributed by atoms with Gasteiger partial charge < -0.3 is 4.74 Å². The molecule has 0 atom stereocenters. The summed E-state index contributed by atoms with van der Waals surface area (Å²) in [4.78, 5) is 31.3. The number of carbonyl (C=O) groups excluding carboxylic acids is 2. The maximum Gasteiger partial charge on any atom is 0.313 e. The van der Waals surface area contributed by atoms with Crippen LogP contribution in [0.25, 0.3) is 11.0 Å². The zero-order valence-electron chi connectivity index (χ0n) is 9.92. The minimum atomic E-state index is -0.544. The highest BCUT2D eigenvalue weighted by Gasteiger charge is 2.14. The molecule has 1 aromatic heterocycles. The van der Waals surface area contributed by atoms with Crippen LogP contribution in [0.15, 0.2) is 30.5 Å². The summed E-state index contributed by atoms with van der Waals surface area (Å²) in [6, 6.07) is 7.24. The summed E-state index contributed by atoms with van der Waals surface area (Å²) in [5.74, 6) is -0.927. The predicted octanol–water partition coefficient (Wildman–Crippen LogP) is 1.77. The monoisotopic (exact) mass is 244 g/mol. The molecule has 0 unspecified atom stereocenters. The van der Waals surface area contributed by atoms with Gasteiger partial charge in [0.05, 0.1) is 23.8 Å². The summed E-state index contributed by atoms with van der Waals surface area (Å²) in [5, 5.41) is 0. The fourth-order valence-electron chi connectivity index (χ4n) is 1.53. The van der Waals surface area contributed by atoms with Crippen molar-refractivity contribution in [2.75, 3.05) is 6.61 Å². The number of hydrogen-bond donors (Lipinski definition) is 0. The van der Waals surface area contributed by atoms with Gasteiger partial charge in [-0.05, 0) is 19.1 Å². The van der Waals surface area contributed by atoms with Crippen molar-refractivity contribution in [2.45, 2.75) is 13.3 Å². The Balaban J connectivity index is 2.20. The van der Waals surface area contributed by atoms with E-state index in [1.165, 1.54) is 6.20 Å². The van der Waals surface area contributed by atoms with Crippen molar-refractivity contribution in [3.63, 3.8) is 0 Å². The molecule has 0 bridgehead atoms. The van der Waals surface area contributed by atoms with Crippen molar-refractivity contribution in [3.05, 3.63) is 36.2 Å². The van der Waals surface area contributed by atoms with Gasteiger partial charge in [0, 0.05) is 0 Å². The molecule has 18 heavy (non-hydrogen) atoms. The Hall–Kier alpha value is -2.30. The Morgan fingerprint density at radius 2 is 1.94 bits per heavy atom. The van der Waals surface area contributed by atoms with E-state index in [1.807, 2.05) is 18.2 Å². The second-order valence-corrected chi connectivity index (χ2v) is 3.65. The molecule has 0 aliphatic carbocycles. The largest absolute Gasteiger partial charge is 0.466 e. The van der Waals surface area contributed by atoms with Crippen molar-refractivity contribution in [1.29, 1.82) is 0 Å². The Morgan fingerprint density at radius 1 is 1.22 bits per heavy atom. The van der Waals surface area contributed by atoms with E-state index in [1.54, 1.807) is 13.0 Å². The zero-order chi connectivity index (χ0) is 13.0. The van der Waals surface area contributed by atoms with E-state index in [9.17, 15) is 9.59 Å². The Bertz CT molecular complexity index is 596. The predicted molar refractivity (Wildman–Crippen MR) is 65.1 cm³/mol. The molecule has 0 aliphatic rings. The maximum atomic E-state index is 11.8. The molecule has 0 N–H and O–H groups in total. The molecule has 2 aromatic rings. The summed E-state index contributed by atoms with van der Waals surface area (Å²) in [6.45, 7) is 1.95. The minimum Gasteiger partial charge on any atom is -0.466 e. The fourth-order valence-corrected chi connectivity index (χ4v) is 1.53. The number of nitrogens with zero attached hydrogens (tertiary/aromatic N) is 2. The number of Topliss-reactive ketones (excluding diaryl/α,β-unsaturated/α-hetero) is 1. The number of hydrogen-bond acceptors (Lipinski definition) is 5. The molecule has 1 heterocycles. The lowest BCUT2D eigenvalue weighted by Crippen LogP contribution is -2.12. The molecule has 2 rings (SSSR count). The Morgan fingerprint density at radius 3 is 2.67 bits per heavy atom. The number of ether oxygens (including phenoxy) is 1. The first kappa shape index (κ1) is 12.2. The van der Waals surface area contributed by atoms with E-state index < -0.39 is 5.97 Å². The molecule has 0 saturated heterocycles. The van der Waals surface area contributed by atoms with Crippen LogP contribution in [-0.4, -0.2) is 28.3 Å². The smallest absolute Gasteiger partial charge is 0.313 e. The molecule has 0 aliphatic heterocycles. The van der Waals surface area contributed by atoms with Gasteiger partial charge >= 0.3 is 5.97 Å². The van der Waals surface area contributed by atoms with E-state index >= 15 is 0 Å². The average Bonchev–Trinajstić information content (AvgIpc) is 2.38. The minimum absolute atomic E-state index is 0.182. The fraction of sp³-hybridized carbons (Fsp3) is 0.231. The summed E-state index contributed by atoms with van der Waals surface area (Å²) >= 11 is 0. The number of aromatic nitrogens is 2. The normalized spacial score (nSPS) is 10.3. The molecule has 1 aromatic carbocycles. The molecule has 5 nitrogen and oxygen atoms in total. The third-order valence-corrected chi connectivity index (χ3v) is 2.34. The third kappa shape index (κ3) is 2.68. The van der Waals surface area contributed by atoms with Crippen molar-refractivity contribution in [2.24, 2.45) is 0 Å². The van der Waals surface area contributed by atoms with Crippen LogP contribution >= 0.6 is 0 Å². The first-order valence-electron chi connectivity index (χ1n) is 5.61. The maximum absolute atomic E-state index is 11.8. The summed E-state index contributed by atoms with van der Waals surface area (Å²) in [5.41, 5.74) is 1.53. The quantitative estimate of drug-likeness (QED) is 0.465. The van der Waals surface area contributed by atoms with Crippen molar-refractivity contribution < 1.29 is 14.3 Å². The van der Waals surface area contributed by atoms with Crippen LogP contribution in [0.1, 0.15) is 23.8 Å². The lowest BCUT2D eigenvalue weighted by atomic mass is 10.2. The number of benzene rings is 1. The Kier molecular flexibility index (Phi) is 3.62. The van der Waals surface area contributed by atoms with Gasteiger partial charge in [-0.25, -0.2) is 4.98 Å². The SMILES string of the molecule is CCOC(=O)CC(=O)c1cnc2ccccc2n1. The highest BCUT2D eigenvalue weighted by atomic mass is 16.5. The molecular formula is C13H12N2O3. The van der Waals surface area contributed by atoms with Gasteiger partial charge in [-0.2, -0.15) is 0 Å². The molecule has 92 valence electrons. The topological polar surface area (TPSA) is 69.2 Å². The standard InChI is InChI=1S/C13H12N2O3/c1-2-18-13(17)7-12(16)11-8-14-9-5-3-4-6-10(9)15-11/h3-6,8H,2,7H2,1H3. The number of rotatable bonds is 4. The Labute approximate surface area is 104 Å². The van der Waals surface area contributed by atoms with Crippen LogP contribution in [0.2, 0.25) is 0 Å². The van der Waals surface area contributed by atoms with Crippen LogP contribution in [0.4, 0.5) is 0 Å². The van der Waals surface area contributed by atoms with Crippen LogP contribution in [0, 0.1) is 0 Å². The first-order valence-corrected chi connectivity index (χ1v) is 5.61. The first-order chi connectivity index (χ1) is 8.70. The van der Waals surface area contributed by atoms with Gasteiger partial charge in [-0.15, -0.1) is 0 Å². The highest BCUT2D eigenvalue weighted by Crippen LogP contribution is 2.09. The second-order valence-electron chi connectivity index (χ2n) is 3.65.